The molecule has 8 nitrogen and oxygen atoms in total. The van der Waals surface area contributed by atoms with Gasteiger partial charge in [-0.2, -0.15) is 23.4 Å². The summed E-state index contributed by atoms with van der Waals surface area (Å²) in [5, 5.41) is 10.5. The highest BCUT2D eigenvalue weighted by Gasteiger charge is 2.35. The van der Waals surface area contributed by atoms with Gasteiger partial charge in [0.1, 0.15) is 6.73 Å². The van der Waals surface area contributed by atoms with E-state index in [1.807, 2.05) is 32.9 Å². The maximum Gasteiger partial charge on any atom is 0.433 e. The molecule has 0 bridgehead atoms. The maximum absolute atomic E-state index is 13.8. The molecular weight excluding hydrogens is 449 g/mol. The first-order valence-electron chi connectivity index (χ1n) is 10.7. The van der Waals surface area contributed by atoms with E-state index in [1.54, 1.807) is 18.3 Å². The third-order valence-electron chi connectivity index (χ3n) is 5.14. The highest BCUT2D eigenvalue weighted by Crippen LogP contribution is 2.32. The largest absolute Gasteiger partial charge is 0.433 e. The molecule has 0 aliphatic carbocycles. The number of aromatic nitrogens is 5. The molecule has 0 atom stereocenters. The minimum atomic E-state index is -4.70. The maximum atomic E-state index is 13.8. The lowest BCUT2D eigenvalue weighted by molar-refractivity contribution is -0.142. The fourth-order valence-corrected chi connectivity index (χ4v) is 3.35. The SMILES string of the molecule is CCOCn1cc(NC(=O)c2cc3nc(-c4ccc(C(C)C)cc4)cc(C(F)(F)F)n3n2)cn1. The van der Waals surface area contributed by atoms with Crippen LogP contribution in [-0.2, 0) is 17.6 Å². The molecule has 0 saturated carbocycles. The third-order valence-corrected chi connectivity index (χ3v) is 5.14. The van der Waals surface area contributed by atoms with Crippen molar-refractivity contribution in [3.8, 4) is 11.3 Å². The van der Waals surface area contributed by atoms with Crippen LogP contribution < -0.4 is 5.32 Å². The number of carbonyl (C=O) groups excluding carboxylic acids is 1. The molecular formula is C23H23F3N6O2. The summed E-state index contributed by atoms with van der Waals surface area (Å²) in [5.41, 5.74) is 0.776. The average Bonchev–Trinajstić information content (AvgIpc) is 3.43. The van der Waals surface area contributed by atoms with E-state index in [2.05, 4.69) is 20.5 Å². The van der Waals surface area contributed by atoms with E-state index in [9.17, 15) is 18.0 Å². The molecule has 3 aromatic heterocycles. The monoisotopic (exact) mass is 472 g/mol. The van der Waals surface area contributed by atoms with Crippen molar-refractivity contribution in [3.63, 3.8) is 0 Å². The van der Waals surface area contributed by atoms with Gasteiger partial charge in [0.05, 0.1) is 23.8 Å². The summed E-state index contributed by atoms with van der Waals surface area (Å²) in [4.78, 5) is 17.0. The van der Waals surface area contributed by atoms with Gasteiger partial charge in [-0.25, -0.2) is 14.2 Å². The molecule has 11 heteroatoms. The third kappa shape index (κ3) is 4.93. The number of fused-ring (bicyclic) bond motifs is 1. The average molecular weight is 472 g/mol. The van der Waals surface area contributed by atoms with Crippen LogP contribution in [0.4, 0.5) is 18.9 Å². The number of amides is 1. The van der Waals surface area contributed by atoms with Crippen LogP contribution >= 0.6 is 0 Å². The number of carbonyl (C=O) groups is 1. The zero-order valence-electron chi connectivity index (χ0n) is 18.8. The van der Waals surface area contributed by atoms with Gasteiger partial charge in [0.2, 0.25) is 0 Å². The molecule has 4 rings (SSSR count). The highest BCUT2D eigenvalue weighted by atomic mass is 19.4. The Morgan fingerprint density at radius 2 is 1.91 bits per heavy atom. The minimum Gasteiger partial charge on any atom is -0.360 e. The molecule has 1 aromatic carbocycles. The van der Waals surface area contributed by atoms with E-state index in [-0.39, 0.29) is 29.7 Å². The van der Waals surface area contributed by atoms with Crippen molar-refractivity contribution in [3.05, 3.63) is 65.7 Å². The van der Waals surface area contributed by atoms with Crippen LogP contribution in [0.15, 0.2) is 48.8 Å². The lowest BCUT2D eigenvalue weighted by atomic mass is 10.0. The first-order valence-corrected chi connectivity index (χ1v) is 10.7. The van der Waals surface area contributed by atoms with Gasteiger partial charge in [0.15, 0.2) is 17.0 Å². The van der Waals surface area contributed by atoms with Crippen LogP contribution in [0.2, 0.25) is 0 Å². The Morgan fingerprint density at radius 3 is 2.56 bits per heavy atom. The molecule has 34 heavy (non-hydrogen) atoms. The first-order chi connectivity index (χ1) is 16.2. The topological polar surface area (TPSA) is 86.3 Å². The number of hydrogen-bond acceptors (Lipinski definition) is 5. The Kier molecular flexibility index (Phi) is 6.38. The Balaban J connectivity index is 1.67. The Bertz CT molecular complexity index is 1310. The molecule has 4 aromatic rings. The number of nitrogens with zero attached hydrogens (tertiary/aromatic N) is 5. The van der Waals surface area contributed by atoms with Gasteiger partial charge in [-0.05, 0) is 24.5 Å². The second kappa shape index (κ2) is 9.26. The van der Waals surface area contributed by atoms with Gasteiger partial charge in [-0.3, -0.25) is 4.79 Å². The molecule has 178 valence electrons. The molecule has 0 spiro atoms. The summed E-state index contributed by atoms with van der Waals surface area (Å²) in [6, 6.07) is 9.35. The van der Waals surface area contributed by atoms with Crippen LogP contribution in [0.1, 0.15) is 48.4 Å². The molecule has 0 saturated heterocycles. The number of hydrogen-bond donors (Lipinski definition) is 1. The summed E-state index contributed by atoms with van der Waals surface area (Å²) in [7, 11) is 0. The predicted molar refractivity (Wildman–Crippen MR) is 119 cm³/mol. The van der Waals surface area contributed by atoms with Crippen molar-refractivity contribution in [1.82, 2.24) is 24.4 Å². The Labute approximate surface area is 193 Å². The highest BCUT2D eigenvalue weighted by molar-refractivity contribution is 6.03. The summed E-state index contributed by atoms with van der Waals surface area (Å²) < 4.78 is 48.8. The summed E-state index contributed by atoms with van der Waals surface area (Å²) >= 11 is 0. The predicted octanol–water partition coefficient (Wildman–Crippen LogP) is 4.98. The standard InChI is InChI=1S/C23H23F3N6O2/c1-4-34-13-31-12-17(11-27-31)28-22(33)19-10-21-29-18(9-20(23(24,25)26)32(21)30-19)16-7-5-15(6-8-16)14(2)3/h5-12,14H,4,13H2,1-3H3,(H,28,33). The van der Waals surface area contributed by atoms with Crippen molar-refractivity contribution in [2.75, 3.05) is 11.9 Å². The van der Waals surface area contributed by atoms with E-state index >= 15 is 0 Å². The van der Waals surface area contributed by atoms with Crippen LogP contribution in [0.3, 0.4) is 0 Å². The molecule has 0 unspecified atom stereocenters. The second-order valence-electron chi connectivity index (χ2n) is 7.95. The Morgan fingerprint density at radius 1 is 1.18 bits per heavy atom. The number of nitrogens with one attached hydrogen (secondary N) is 1. The van der Waals surface area contributed by atoms with Crippen LogP contribution in [0.5, 0.6) is 0 Å². The van der Waals surface area contributed by atoms with E-state index in [0.717, 1.165) is 11.6 Å². The van der Waals surface area contributed by atoms with Gasteiger partial charge < -0.3 is 10.1 Å². The van der Waals surface area contributed by atoms with Gasteiger partial charge in [0.25, 0.3) is 5.91 Å². The normalized spacial score (nSPS) is 12.0. The lowest BCUT2D eigenvalue weighted by Crippen LogP contribution is -2.15. The first kappa shape index (κ1) is 23.4. The fourth-order valence-electron chi connectivity index (χ4n) is 3.35. The van der Waals surface area contributed by atoms with Crippen molar-refractivity contribution in [2.45, 2.75) is 39.6 Å². The summed E-state index contributed by atoms with van der Waals surface area (Å²) in [6.45, 7) is 6.61. The van der Waals surface area contributed by atoms with Gasteiger partial charge in [0, 0.05) is 18.2 Å². The molecule has 0 aliphatic rings. The van der Waals surface area contributed by atoms with Crippen LogP contribution in [0, 0.1) is 0 Å². The number of halogens is 3. The molecule has 0 radical (unpaired) electrons. The fraction of sp³-hybridized carbons (Fsp3) is 0.304. The molecule has 3 heterocycles. The number of rotatable bonds is 7. The number of anilines is 1. The molecule has 0 aliphatic heterocycles. The van der Waals surface area contributed by atoms with Crippen molar-refractivity contribution >= 4 is 17.2 Å². The second-order valence-corrected chi connectivity index (χ2v) is 7.95. The van der Waals surface area contributed by atoms with Crippen molar-refractivity contribution in [1.29, 1.82) is 0 Å². The zero-order valence-corrected chi connectivity index (χ0v) is 18.8. The summed E-state index contributed by atoms with van der Waals surface area (Å²) in [5.74, 6) is -0.394. The van der Waals surface area contributed by atoms with E-state index in [4.69, 9.17) is 4.74 Å². The van der Waals surface area contributed by atoms with Crippen LogP contribution in [-0.4, -0.2) is 36.9 Å². The smallest absolute Gasteiger partial charge is 0.360 e. The molecule has 1 N–H and O–H groups in total. The minimum absolute atomic E-state index is 0.0880. The summed E-state index contributed by atoms with van der Waals surface area (Å²) in [6.07, 6.45) is -1.75. The quantitative estimate of drug-likeness (QED) is 0.410. The zero-order chi connectivity index (χ0) is 24.5. The number of benzene rings is 1. The van der Waals surface area contributed by atoms with Crippen molar-refractivity contribution in [2.24, 2.45) is 0 Å². The van der Waals surface area contributed by atoms with Gasteiger partial charge in [-0.15, -0.1) is 0 Å². The van der Waals surface area contributed by atoms with Gasteiger partial charge in [-0.1, -0.05) is 38.1 Å². The Hall–Kier alpha value is -3.73. The molecule has 1 amide bonds. The van der Waals surface area contributed by atoms with Crippen molar-refractivity contribution < 1.29 is 22.7 Å². The molecule has 0 fully saturated rings. The number of ether oxygens (including phenoxy) is 1. The lowest BCUT2D eigenvalue weighted by Gasteiger charge is -2.11. The van der Waals surface area contributed by atoms with Gasteiger partial charge >= 0.3 is 6.18 Å². The van der Waals surface area contributed by atoms with E-state index in [0.29, 0.717) is 22.4 Å². The van der Waals surface area contributed by atoms with E-state index < -0.39 is 17.8 Å². The van der Waals surface area contributed by atoms with E-state index in [1.165, 1.54) is 16.9 Å². The number of alkyl halides is 3. The van der Waals surface area contributed by atoms with Crippen LogP contribution in [0.25, 0.3) is 16.9 Å².